The molecule has 0 spiro atoms. The summed E-state index contributed by atoms with van der Waals surface area (Å²) in [6.45, 7) is 2.68. The Morgan fingerprint density at radius 3 is 3.16 bits per heavy atom. The van der Waals surface area contributed by atoms with Crippen molar-refractivity contribution in [1.82, 2.24) is 5.32 Å². The molecule has 0 aromatic heterocycles. The first-order chi connectivity index (χ1) is 9.29. The van der Waals surface area contributed by atoms with Crippen molar-refractivity contribution in [2.75, 3.05) is 38.7 Å². The molecule has 1 aromatic carbocycles. The van der Waals surface area contributed by atoms with Crippen molar-refractivity contribution >= 4 is 11.6 Å². The third kappa shape index (κ3) is 4.22. The Kier molecular flexibility index (Phi) is 5.18. The van der Waals surface area contributed by atoms with Crippen molar-refractivity contribution in [3.8, 4) is 5.75 Å². The monoisotopic (exact) mass is 264 g/mol. The number of rotatable bonds is 6. The third-order valence-electron chi connectivity index (χ3n) is 2.94. The van der Waals surface area contributed by atoms with E-state index in [1.54, 1.807) is 0 Å². The lowest BCUT2D eigenvalue weighted by molar-refractivity contribution is -0.116. The number of amides is 1. The van der Waals surface area contributed by atoms with Crippen LogP contribution in [0.1, 0.15) is 12.0 Å². The quantitative estimate of drug-likeness (QED) is 0.758. The predicted octanol–water partition coefficient (Wildman–Crippen LogP) is 1.19. The van der Waals surface area contributed by atoms with Gasteiger partial charge in [-0.3, -0.25) is 4.79 Å². The second-order valence-electron chi connectivity index (χ2n) is 4.44. The fourth-order valence-electron chi connectivity index (χ4n) is 1.89. The first-order valence-corrected chi connectivity index (χ1v) is 6.57. The highest BCUT2D eigenvalue weighted by atomic mass is 16.5. The second-order valence-corrected chi connectivity index (χ2v) is 4.44. The number of carbonyl (C=O) groups excluding carboxylic acids is 1. The number of fused-ring (bicyclic) bond motifs is 1. The average molecular weight is 264 g/mol. The molecule has 5 heteroatoms. The van der Waals surface area contributed by atoms with Crippen molar-refractivity contribution < 1.29 is 14.3 Å². The number of benzene rings is 1. The van der Waals surface area contributed by atoms with Gasteiger partial charge in [-0.15, -0.1) is 0 Å². The SMILES string of the molecule is CNCCOCCc1ccc2c(c1)NC(=O)CCO2. The molecule has 104 valence electrons. The van der Waals surface area contributed by atoms with Gasteiger partial charge in [-0.05, 0) is 31.2 Å². The van der Waals surface area contributed by atoms with Gasteiger partial charge >= 0.3 is 0 Å². The molecule has 1 aromatic rings. The summed E-state index contributed by atoms with van der Waals surface area (Å²) in [7, 11) is 1.90. The van der Waals surface area contributed by atoms with Crippen LogP contribution in [0.4, 0.5) is 5.69 Å². The van der Waals surface area contributed by atoms with Crippen molar-refractivity contribution in [2.24, 2.45) is 0 Å². The van der Waals surface area contributed by atoms with Crippen LogP contribution in [-0.4, -0.2) is 39.3 Å². The molecule has 0 atom stereocenters. The number of hydrogen-bond acceptors (Lipinski definition) is 4. The van der Waals surface area contributed by atoms with E-state index in [9.17, 15) is 4.79 Å². The summed E-state index contributed by atoms with van der Waals surface area (Å²) in [6, 6.07) is 5.88. The van der Waals surface area contributed by atoms with Gasteiger partial charge in [0.1, 0.15) is 5.75 Å². The van der Waals surface area contributed by atoms with Crippen LogP contribution in [0.25, 0.3) is 0 Å². The molecule has 0 aliphatic carbocycles. The van der Waals surface area contributed by atoms with Gasteiger partial charge in [0.05, 0.1) is 31.9 Å². The predicted molar refractivity (Wildman–Crippen MR) is 73.6 cm³/mol. The summed E-state index contributed by atoms with van der Waals surface area (Å²) in [4.78, 5) is 11.5. The molecule has 1 aliphatic heterocycles. The van der Waals surface area contributed by atoms with Crippen LogP contribution in [0, 0.1) is 0 Å². The second kappa shape index (κ2) is 7.11. The van der Waals surface area contributed by atoms with E-state index in [-0.39, 0.29) is 5.91 Å². The smallest absolute Gasteiger partial charge is 0.227 e. The number of nitrogens with one attached hydrogen (secondary N) is 2. The Hall–Kier alpha value is -1.59. The zero-order valence-corrected chi connectivity index (χ0v) is 11.2. The molecule has 2 N–H and O–H groups in total. The lowest BCUT2D eigenvalue weighted by Gasteiger charge is -2.09. The van der Waals surface area contributed by atoms with Crippen LogP contribution in [-0.2, 0) is 16.0 Å². The van der Waals surface area contributed by atoms with Gasteiger partial charge in [-0.25, -0.2) is 0 Å². The maximum atomic E-state index is 11.5. The molecule has 0 fully saturated rings. The Morgan fingerprint density at radius 2 is 2.32 bits per heavy atom. The van der Waals surface area contributed by atoms with Crippen LogP contribution in [0.2, 0.25) is 0 Å². The third-order valence-corrected chi connectivity index (χ3v) is 2.94. The van der Waals surface area contributed by atoms with Gasteiger partial charge in [-0.1, -0.05) is 6.07 Å². The highest BCUT2D eigenvalue weighted by molar-refractivity contribution is 5.93. The molecule has 0 bridgehead atoms. The molecule has 1 amide bonds. The first kappa shape index (κ1) is 13.8. The van der Waals surface area contributed by atoms with E-state index in [2.05, 4.69) is 10.6 Å². The van der Waals surface area contributed by atoms with Gasteiger partial charge in [0, 0.05) is 6.54 Å². The van der Waals surface area contributed by atoms with Crippen LogP contribution in [0.3, 0.4) is 0 Å². The van der Waals surface area contributed by atoms with E-state index in [1.165, 1.54) is 0 Å². The van der Waals surface area contributed by atoms with E-state index in [0.717, 1.165) is 30.0 Å². The van der Waals surface area contributed by atoms with Crippen molar-refractivity contribution in [1.29, 1.82) is 0 Å². The van der Waals surface area contributed by atoms with Gasteiger partial charge < -0.3 is 20.1 Å². The fourth-order valence-corrected chi connectivity index (χ4v) is 1.89. The zero-order chi connectivity index (χ0) is 13.5. The molecule has 0 unspecified atom stereocenters. The van der Waals surface area contributed by atoms with Gasteiger partial charge in [-0.2, -0.15) is 0 Å². The molecular weight excluding hydrogens is 244 g/mol. The molecule has 1 heterocycles. The normalized spacial score (nSPS) is 14.3. The topological polar surface area (TPSA) is 59.6 Å². The molecule has 1 aliphatic rings. The number of ether oxygens (including phenoxy) is 2. The minimum Gasteiger partial charge on any atom is -0.491 e. The minimum absolute atomic E-state index is 0.00108. The van der Waals surface area contributed by atoms with Crippen LogP contribution < -0.4 is 15.4 Å². The van der Waals surface area contributed by atoms with E-state index < -0.39 is 0 Å². The van der Waals surface area contributed by atoms with E-state index in [1.807, 2.05) is 25.2 Å². The maximum absolute atomic E-state index is 11.5. The maximum Gasteiger partial charge on any atom is 0.227 e. The summed E-state index contributed by atoms with van der Waals surface area (Å²) in [5, 5.41) is 5.89. The highest BCUT2D eigenvalue weighted by Crippen LogP contribution is 2.28. The standard InChI is InChI=1S/C14H20N2O3/c1-15-6-9-18-7-4-11-2-3-13-12(10-11)16-14(17)5-8-19-13/h2-3,10,15H,4-9H2,1H3,(H,16,17). The Morgan fingerprint density at radius 1 is 1.42 bits per heavy atom. The molecule has 0 saturated carbocycles. The Bertz CT molecular complexity index is 435. The van der Waals surface area contributed by atoms with E-state index in [4.69, 9.17) is 9.47 Å². The lowest BCUT2D eigenvalue weighted by atomic mass is 10.1. The van der Waals surface area contributed by atoms with Crippen molar-refractivity contribution in [3.63, 3.8) is 0 Å². The number of anilines is 1. The first-order valence-electron chi connectivity index (χ1n) is 6.57. The molecule has 19 heavy (non-hydrogen) atoms. The van der Waals surface area contributed by atoms with Crippen molar-refractivity contribution in [3.05, 3.63) is 23.8 Å². The molecule has 2 rings (SSSR count). The van der Waals surface area contributed by atoms with Crippen LogP contribution >= 0.6 is 0 Å². The summed E-state index contributed by atoms with van der Waals surface area (Å²) in [6.07, 6.45) is 1.23. The van der Waals surface area contributed by atoms with Crippen molar-refractivity contribution in [2.45, 2.75) is 12.8 Å². The number of hydrogen-bond donors (Lipinski definition) is 2. The largest absolute Gasteiger partial charge is 0.491 e. The summed E-state index contributed by atoms with van der Waals surface area (Å²) >= 11 is 0. The Balaban J connectivity index is 1.90. The van der Waals surface area contributed by atoms with Crippen LogP contribution in [0.5, 0.6) is 5.75 Å². The zero-order valence-electron chi connectivity index (χ0n) is 11.2. The van der Waals surface area contributed by atoms with Crippen LogP contribution in [0.15, 0.2) is 18.2 Å². The van der Waals surface area contributed by atoms with Gasteiger partial charge in [0.25, 0.3) is 0 Å². The van der Waals surface area contributed by atoms with Gasteiger partial charge in [0.2, 0.25) is 5.91 Å². The van der Waals surface area contributed by atoms with E-state index >= 15 is 0 Å². The Labute approximate surface area is 113 Å². The van der Waals surface area contributed by atoms with Gasteiger partial charge in [0.15, 0.2) is 0 Å². The fraction of sp³-hybridized carbons (Fsp3) is 0.500. The number of carbonyl (C=O) groups is 1. The minimum atomic E-state index is 0.00108. The molecule has 0 saturated heterocycles. The highest BCUT2D eigenvalue weighted by Gasteiger charge is 2.13. The summed E-state index contributed by atoms with van der Waals surface area (Å²) in [5.41, 5.74) is 1.89. The summed E-state index contributed by atoms with van der Waals surface area (Å²) < 4.78 is 11.0. The molecular formula is C14H20N2O3. The summed E-state index contributed by atoms with van der Waals surface area (Å²) in [5.74, 6) is 0.742. The average Bonchev–Trinajstić information content (AvgIpc) is 2.58. The lowest BCUT2D eigenvalue weighted by Crippen LogP contribution is -2.15. The van der Waals surface area contributed by atoms with E-state index in [0.29, 0.717) is 26.2 Å². The molecule has 5 nitrogen and oxygen atoms in total. The molecule has 0 radical (unpaired) electrons. The number of likely N-dealkylation sites (N-methyl/N-ethyl adjacent to an activating group) is 1.